The zero-order valence-electron chi connectivity index (χ0n) is 14.5. The van der Waals surface area contributed by atoms with Gasteiger partial charge >= 0.3 is 5.97 Å². The highest BCUT2D eigenvalue weighted by Gasteiger charge is 2.08. The van der Waals surface area contributed by atoms with Gasteiger partial charge in [-0.25, -0.2) is 4.79 Å². The van der Waals surface area contributed by atoms with Crippen molar-refractivity contribution in [3.63, 3.8) is 0 Å². The van der Waals surface area contributed by atoms with Crippen LogP contribution in [0, 0.1) is 20.8 Å². The van der Waals surface area contributed by atoms with E-state index in [4.69, 9.17) is 14.6 Å². The molecule has 0 saturated carbocycles. The average Bonchev–Trinajstić information content (AvgIpc) is 2.56. The van der Waals surface area contributed by atoms with Gasteiger partial charge in [0.1, 0.15) is 11.5 Å². The summed E-state index contributed by atoms with van der Waals surface area (Å²) in [5.74, 6) is -0.240. The summed E-state index contributed by atoms with van der Waals surface area (Å²) in [4.78, 5) is 22.5. The summed E-state index contributed by atoms with van der Waals surface area (Å²) in [6.07, 6.45) is 0. The number of amides is 1. The van der Waals surface area contributed by atoms with E-state index in [0.717, 1.165) is 16.7 Å². The molecular weight excluding hydrogens is 322 g/mol. The second-order valence-electron chi connectivity index (χ2n) is 5.74. The van der Waals surface area contributed by atoms with Gasteiger partial charge in [0.25, 0.3) is 5.91 Å². The maximum absolute atomic E-state index is 12.0. The van der Waals surface area contributed by atoms with Crippen molar-refractivity contribution in [3.8, 4) is 11.5 Å². The van der Waals surface area contributed by atoms with E-state index in [-0.39, 0.29) is 12.5 Å². The van der Waals surface area contributed by atoms with Crippen molar-refractivity contribution in [2.75, 3.05) is 18.5 Å². The lowest BCUT2D eigenvalue weighted by atomic mass is 10.1. The Bertz CT molecular complexity index is 785. The van der Waals surface area contributed by atoms with Gasteiger partial charge in [-0.2, -0.15) is 0 Å². The Morgan fingerprint density at radius 1 is 0.880 bits per heavy atom. The monoisotopic (exact) mass is 343 g/mol. The molecule has 0 heterocycles. The van der Waals surface area contributed by atoms with Crippen molar-refractivity contribution in [3.05, 3.63) is 53.1 Å². The predicted molar refractivity (Wildman–Crippen MR) is 94.4 cm³/mol. The normalized spacial score (nSPS) is 10.2. The summed E-state index contributed by atoms with van der Waals surface area (Å²) < 4.78 is 10.6. The zero-order valence-corrected chi connectivity index (χ0v) is 14.5. The first-order valence-corrected chi connectivity index (χ1v) is 7.80. The van der Waals surface area contributed by atoms with E-state index in [2.05, 4.69) is 5.32 Å². The molecule has 0 aliphatic rings. The average molecular weight is 343 g/mol. The highest BCUT2D eigenvalue weighted by molar-refractivity contribution is 5.92. The van der Waals surface area contributed by atoms with E-state index in [0.29, 0.717) is 17.2 Å². The molecule has 25 heavy (non-hydrogen) atoms. The molecule has 0 aromatic heterocycles. The number of benzene rings is 2. The lowest BCUT2D eigenvalue weighted by Gasteiger charge is -2.12. The van der Waals surface area contributed by atoms with Crippen molar-refractivity contribution >= 4 is 17.6 Å². The minimum atomic E-state index is -1.04. The Kier molecular flexibility index (Phi) is 6.00. The molecule has 0 bridgehead atoms. The Morgan fingerprint density at radius 2 is 1.48 bits per heavy atom. The van der Waals surface area contributed by atoms with E-state index in [1.807, 2.05) is 32.0 Å². The molecule has 2 aromatic carbocycles. The maximum atomic E-state index is 12.0. The first kappa shape index (κ1) is 18.3. The quantitative estimate of drug-likeness (QED) is 0.807. The lowest BCUT2D eigenvalue weighted by Crippen LogP contribution is -2.20. The van der Waals surface area contributed by atoms with Crippen molar-refractivity contribution in [2.24, 2.45) is 0 Å². The van der Waals surface area contributed by atoms with E-state index in [1.54, 1.807) is 25.1 Å². The zero-order chi connectivity index (χ0) is 18.4. The van der Waals surface area contributed by atoms with Crippen LogP contribution >= 0.6 is 0 Å². The minimum Gasteiger partial charge on any atom is -0.484 e. The molecule has 0 aliphatic heterocycles. The number of carboxylic acids is 1. The Balaban J connectivity index is 1.91. The van der Waals surface area contributed by atoms with Crippen LogP contribution in [0.1, 0.15) is 16.7 Å². The molecule has 6 nitrogen and oxygen atoms in total. The standard InChI is InChI=1S/C19H21NO5/c1-12-4-5-15(8-13(12)2)24-10-18(21)20-17-7-6-16(9-14(17)3)25-11-19(22)23/h4-9H,10-11H2,1-3H3,(H,20,21)(H,22,23). The second-order valence-corrected chi connectivity index (χ2v) is 5.74. The highest BCUT2D eigenvalue weighted by Crippen LogP contribution is 2.21. The Labute approximate surface area is 146 Å². The smallest absolute Gasteiger partial charge is 0.341 e. The molecule has 2 N–H and O–H groups in total. The number of carbonyl (C=O) groups is 2. The summed E-state index contributed by atoms with van der Waals surface area (Å²) in [6, 6.07) is 10.6. The van der Waals surface area contributed by atoms with Gasteiger partial charge in [0, 0.05) is 5.69 Å². The molecule has 0 saturated heterocycles. The number of carbonyl (C=O) groups excluding carboxylic acids is 1. The van der Waals surface area contributed by atoms with Crippen molar-refractivity contribution in [2.45, 2.75) is 20.8 Å². The van der Waals surface area contributed by atoms with E-state index < -0.39 is 12.6 Å². The first-order chi connectivity index (χ1) is 11.8. The van der Waals surface area contributed by atoms with Gasteiger partial charge in [0.05, 0.1) is 0 Å². The Morgan fingerprint density at radius 3 is 2.08 bits per heavy atom. The van der Waals surface area contributed by atoms with Crippen LogP contribution in [0.25, 0.3) is 0 Å². The largest absolute Gasteiger partial charge is 0.484 e. The van der Waals surface area contributed by atoms with Gasteiger partial charge in [0.2, 0.25) is 0 Å². The number of anilines is 1. The fraction of sp³-hybridized carbons (Fsp3) is 0.263. The van der Waals surface area contributed by atoms with Crippen LogP contribution in [-0.2, 0) is 9.59 Å². The minimum absolute atomic E-state index is 0.0980. The summed E-state index contributed by atoms with van der Waals surface area (Å²) in [5, 5.41) is 11.4. The molecule has 0 atom stereocenters. The number of hydrogen-bond donors (Lipinski definition) is 2. The number of rotatable bonds is 7. The highest BCUT2D eigenvalue weighted by atomic mass is 16.5. The third kappa shape index (κ3) is 5.53. The van der Waals surface area contributed by atoms with Gasteiger partial charge in [-0.1, -0.05) is 6.07 Å². The van der Waals surface area contributed by atoms with Crippen molar-refractivity contribution in [1.82, 2.24) is 0 Å². The van der Waals surface area contributed by atoms with Crippen LogP contribution < -0.4 is 14.8 Å². The van der Waals surface area contributed by atoms with Gasteiger partial charge in [-0.05, 0) is 67.8 Å². The Hall–Kier alpha value is -3.02. The molecule has 0 unspecified atom stereocenters. The number of hydrogen-bond acceptors (Lipinski definition) is 4. The molecule has 0 radical (unpaired) electrons. The van der Waals surface area contributed by atoms with Gasteiger partial charge in [0.15, 0.2) is 13.2 Å². The predicted octanol–water partition coefficient (Wildman–Crippen LogP) is 3.09. The molecule has 2 aromatic rings. The number of ether oxygens (including phenoxy) is 2. The molecule has 1 amide bonds. The van der Waals surface area contributed by atoms with E-state index >= 15 is 0 Å². The third-order valence-electron chi connectivity index (χ3n) is 3.68. The molecule has 2 rings (SSSR count). The van der Waals surface area contributed by atoms with Gasteiger partial charge < -0.3 is 19.9 Å². The first-order valence-electron chi connectivity index (χ1n) is 7.80. The number of carboxylic acid groups (broad SMARTS) is 1. The number of aliphatic carboxylic acids is 1. The molecule has 6 heteroatoms. The van der Waals surface area contributed by atoms with Crippen LogP contribution in [0.3, 0.4) is 0 Å². The van der Waals surface area contributed by atoms with Crippen LogP contribution in [0.2, 0.25) is 0 Å². The molecule has 0 fully saturated rings. The van der Waals surface area contributed by atoms with E-state index in [9.17, 15) is 9.59 Å². The van der Waals surface area contributed by atoms with Crippen molar-refractivity contribution in [1.29, 1.82) is 0 Å². The SMILES string of the molecule is Cc1ccc(OCC(=O)Nc2ccc(OCC(=O)O)cc2C)cc1C. The lowest BCUT2D eigenvalue weighted by molar-refractivity contribution is -0.139. The maximum Gasteiger partial charge on any atom is 0.341 e. The fourth-order valence-corrected chi connectivity index (χ4v) is 2.15. The molecule has 0 spiro atoms. The van der Waals surface area contributed by atoms with Crippen LogP contribution in [0.4, 0.5) is 5.69 Å². The summed E-state index contributed by atoms with van der Waals surface area (Å²) >= 11 is 0. The van der Waals surface area contributed by atoms with Crippen LogP contribution in [0.15, 0.2) is 36.4 Å². The van der Waals surface area contributed by atoms with Gasteiger partial charge in [-0.3, -0.25) is 4.79 Å². The van der Waals surface area contributed by atoms with Gasteiger partial charge in [-0.15, -0.1) is 0 Å². The molecular formula is C19H21NO5. The molecule has 0 aliphatic carbocycles. The summed E-state index contributed by atoms with van der Waals surface area (Å²) in [6.45, 7) is 5.29. The topological polar surface area (TPSA) is 84.9 Å². The fourth-order valence-electron chi connectivity index (χ4n) is 2.15. The number of aryl methyl sites for hydroxylation is 3. The van der Waals surface area contributed by atoms with Crippen LogP contribution in [0.5, 0.6) is 11.5 Å². The summed E-state index contributed by atoms with van der Waals surface area (Å²) in [5.41, 5.74) is 3.65. The molecule has 132 valence electrons. The van der Waals surface area contributed by atoms with E-state index in [1.165, 1.54) is 0 Å². The summed E-state index contributed by atoms with van der Waals surface area (Å²) in [7, 11) is 0. The number of nitrogens with one attached hydrogen (secondary N) is 1. The van der Waals surface area contributed by atoms with Crippen molar-refractivity contribution < 1.29 is 24.2 Å². The third-order valence-corrected chi connectivity index (χ3v) is 3.68. The second kappa shape index (κ2) is 8.19. The van der Waals surface area contributed by atoms with Crippen LogP contribution in [-0.4, -0.2) is 30.2 Å².